The van der Waals surface area contributed by atoms with Gasteiger partial charge in [-0.15, -0.1) is 0 Å². The first kappa shape index (κ1) is 13.5. The van der Waals surface area contributed by atoms with E-state index in [2.05, 4.69) is 5.32 Å². The maximum Gasteiger partial charge on any atom is 0.224 e. The van der Waals surface area contributed by atoms with Gasteiger partial charge in [-0.05, 0) is 18.6 Å². The Hall–Kier alpha value is -1.51. The average Bonchev–Trinajstić information content (AvgIpc) is 2.25. The minimum absolute atomic E-state index is 0.0657. The fourth-order valence-electron chi connectivity index (χ4n) is 1.02. The maximum atomic E-state index is 11.1. The molecule has 1 aromatic carbocycles. The molecule has 0 aliphatic heterocycles. The number of amides is 1. The fourth-order valence-corrected chi connectivity index (χ4v) is 1.02. The summed E-state index contributed by atoms with van der Waals surface area (Å²) in [6, 6.07) is 6.69. The van der Waals surface area contributed by atoms with Gasteiger partial charge in [-0.1, -0.05) is 32.9 Å². The van der Waals surface area contributed by atoms with Gasteiger partial charge >= 0.3 is 0 Å². The van der Waals surface area contributed by atoms with E-state index >= 15 is 0 Å². The summed E-state index contributed by atoms with van der Waals surface area (Å²) < 4.78 is 0. The normalized spacial score (nSPS) is 8.73. The summed E-state index contributed by atoms with van der Waals surface area (Å²) in [6.45, 7) is 5.93. The van der Waals surface area contributed by atoms with E-state index in [1.54, 1.807) is 24.3 Å². The lowest BCUT2D eigenvalue weighted by atomic mass is 10.2. The minimum atomic E-state index is -0.0657. The van der Waals surface area contributed by atoms with E-state index in [-0.39, 0.29) is 11.7 Å². The van der Waals surface area contributed by atoms with Crippen molar-refractivity contribution < 1.29 is 9.90 Å². The standard InChI is InChI=1S/C10H13NO2.C2H6/c1-2-5-10(13)11-8-6-3-4-7-9(8)12;1-2/h3-4,6-7,12H,2,5H2,1H3,(H,11,13);1-2H3. The number of anilines is 1. The Morgan fingerprint density at radius 3 is 2.47 bits per heavy atom. The first-order valence-electron chi connectivity index (χ1n) is 5.32. The molecule has 0 radical (unpaired) electrons. The molecule has 0 heterocycles. The molecule has 0 unspecified atom stereocenters. The highest BCUT2D eigenvalue weighted by Gasteiger charge is 2.03. The highest BCUT2D eigenvalue weighted by atomic mass is 16.3. The zero-order valence-corrected chi connectivity index (χ0v) is 9.58. The van der Waals surface area contributed by atoms with Gasteiger partial charge in [-0.25, -0.2) is 0 Å². The summed E-state index contributed by atoms with van der Waals surface area (Å²) in [6.07, 6.45) is 1.29. The van der Waals surface area contributed by atoms with E-state index in [0.29, 0.717) is 12.1 Å². The molecule has 84 valence electrons. The van der Waals surface area contributed by atoms with Gasteiger partial charge in [0.05, 0.1) is 5.69 Å². The molecule has 0 fully saturated rings. The van der Waals surface area contributed by atoms with Gasteiger partial charge in [-0.3, -0.25) is 4.79 Å². The van der Waals surface area contributed by atoms with E-state index in [9.17, 15) is 9.90 Å². The van der Waals surface area contributed by atoms with Gasteiger partial charge < -0.3 is 10.4 Å². The highest BCUT2D eigenvalue weighted by Crippen LogP contribution is 2.21. The lowest BCUT2D eigenvalue weighted by Crippen LogP contribution is -2.10. The van der Waals surface area contributed by atoms with Crippen molar-refractivity contribution in [2.75, 3.05) is 5.32 Å². The van der Waals surface area contributed by atoms with Crippen LogP contribution in [0.3, 0.4) is 0 Å². The molecule has 0 saturated heterocycles. The van der Waals surface area contributed by atoms with Crippen molar-refractivity contribution >= 4 is 11.6 Å². The van der Waals surface area contributed by atoms with Crippen molar-refractivity contribution in [3.05, 3.63) is 24.3 Å². The number of nitrogens with one attached hydrogen (secondary N) is 1. The molecule has 1 rings (SSSR count). The number of phenols is 1. The molecule has 15 heavy (non-hydrogen) atoms. The predicted molar refractivity (Wildman–Crippen MR) is 63.0 cm³/mol. The summed E-state index contributed by atoms with van der Waals surface area (Å²) in [7, 11) is 0. The molecule has 0 atom stereocenters. The molecule has 0 aromatic heterocycles. The second-order valence-corrected chi connectivity index (χ2v) is 2.82. The van der Waals surface area contributed by atoms with Crippen LogP contribution in [0.25, 0.3) is 0 Å². The number of benzene rings is 1. The zero-order chi connectivity index (χ0) is 11.7. The molecule has 2 N–H and O–H groups in total. The Kier molecular flexibility index (Phi) is 7.06. The molecule has 1 aromatic rings. The third-order valence-electron chi connectivity index (χ3n) is 1.66. The molecule has 1 amide bonds. The molecule has 0 saturated carbocycles. The quantitative estimate of drug-likeness (QED) is 0.751. The monoisotopic (exact) mass is 209 g/mol. The van der Waals surface area contributed by atoms with Gasteiger partial charge in [0.2, 0.25) is 5.91 Å². The number of carbonyl (C=O) groups excluding carboxylic acids is 1. The smallest absolute Gasteiger partial charge is 0.224 e. The second kappa shape index (κ2) is 7.85. The van der Waals surface area contributed by atoms with E-state index in [0.717, 1.165) is 6.42 Å². The van der Waals surface area contributed by atoms with Crippen molar-refractivity contribution in [2.24, 2.45) is 0 Å². The molecule has 0 aliphatic carbocycles. The second-order valence-electron chi connectivity index (χ2n) is 2.82. The van der Waals surface area contributed by atoms with Crippen LogP contribution >= 0.6 is 0 Å². The van der Waals surface area contributed by atoms with Crippen LogP contribution < -0.4 is 5.32 Å². The van der Waals surface area contributed by atoms with E-state index in [1.165, 1.54) is 0 Å². The van der Waals surface area contributed by atoms with Gasteiger partial charge in [0.15, 0.2) is 0 Å². The summed E-state index contributed by atoms with van der Waals surface area (Å²) in [5, 5.41) is 11.9. The number of para-hydroxylation sites is 2. The van der Waals surface area contributed by atoms with Crippen LogP contribution in [-0.2, 0) is 4.79 Å². The van der Waals surface area contributed by atoms with E-state index < -0.39 is 0 Å². The van der Waals surface area contributed by atoms with Crippen LogP contribution in [0, 0.1) is 0 Å². The van der Waals surface area contributed by atoms with Crippen molar-refractivity contribution in [1.82, 2.24) is 0 Å². The summed E-state index contributed by atoms with van der Waals surface area (Å²) in [5.74, 6) is 0.0379. The third-order valence-corrected chi connectivity index (χ3v) is 1.66. The Morgan fingerprint density at radius 1 is 1.33 bits per heavy atom. The molecular formula is C12H19NO2. The largest absolute Gasteiger partial charge is 0.506 e. The average molecular weight is 209 g/mol. The van der Waals surface area contributed by atoms with Gasteiger partial charge in [0, 0.05) is 6.42 Å². The maximum absolute atomic E-state index is 11.1. The molecule has 3 heteroatoms. The van der Waals surface area contributed by atoms with Gasteiger partial charge in [0.1, 0.15) is 5.75 Å². The van der Waals surface area contributed by atoms with Crippen molar-refractivity contribution in [1.29, 1.82) is 0 Å². The molecular weight excluding hydrogens is 190 g/mol. The topological polar surface area (TPSA) is 49.3 Å². The Bertz CT molecular complexity index is 297. The van der Waals surface area contributed by atoms with Crippen LogP contribution in [0.5, 0.6) is 5.75 Å². The predicted octanol–water partition coefficient (Wildman–Crippen LogP) is 3.16. The van der Waals surface area contributed by atoms with Crippen LogP contribution in [0.15, 0.2) is 24.3 Å². The lowest BCUT2D eigenvalue weighted by molar-refractivity contribution is -0.116. The molecule has 3 nitrogen and oxygen atoms in total. The number of carbonyl (C=O) groups is 1. The van der Waals surface area contributed by atoms with E-state index in [1.807, 2.05) is 20.8 Å². The van der Waals surface area contributed by atoms with Crippen LogP contribution in [0.2, 0.25) is 0 Å². The van der Waals surface area contributed by atoms with Crippen molar-refractivity contribution in [2.45, 2.75) is 33.6 Å². The SMILES string of the molecule is CC.CCCC(=O)Nc1ccccc1O. The number of rotatable bonds is 3. The highest BCUT2D eigenvalue weighted by molar-refractivity contribution is 5.92. The van der Waals surface area contributed by atoms with Gasteiger partial charge in [0.25, 0.3) is 0 Å². The zero-order valence-electron chi connectivity index (χ0n) is 9.58. The van der Waals surface area contributed by atoms with Crippen molar-refractivity contribution in [3.8, 4) is 5.75 Å². The molecule has 0 spiro atoms. The fraction of sp³-hybridized carbons (Fsp3) is 0.417. The summed E-state index contributed by atoms with van der Waals surface area (Å²) in [5.41, 5.74) is 0.473. The van der Waals surface area contributed by atoms with E-state index in [4.69, 9.17) is 0 Å². The Balaban J connectivity index is 0.000000921. The number of hydrogen-bond acceptors (Lipinski definition) is 2. The third kappa shape index (κ3) is 5.05. The van der Waals surface area contributed by atoms with Crippen LogP contribution in [0.1, 0.15) is 33.6 Å². The lowest BCUT2D eigenvalue weighted by Gasteiger charge is -2.05. The van der Waals surface area contributed by atoms with Gasteiger partial charge in [-0.2, -0.15) is 0 Å². The molecule has 0 aliphatic rings. The van der Waals surface area contributed by atoms with Crippen molar-refractivity contribution in [3.63, 3.8) is 0 Å². The number of hydrogen-bond donors (Lipinski definition) is 2. The Labute approximate surface area is 91.1 Å². The van der Waals surface area contributed by atoms with Crippen LogP contribution in [-0.4, -0.2) is 11.0 Å². The summed E-state index contributed by atoms with van der Waals surface area (Å²) in [4.78, 5) is 11.1. The number of phenolic OH excluding ortho intramolecular Hbond substituents is 1. The minimum Gasteiger partial charge on any atom is -0.506 e. The Morgan fingerprint density at radius 2 is 1.93 bits per heavy atom. The van der Waals surface area contributed by atoms with Crippen LogP contribution in [0.4, 0.5) is 5.69 Å². The molecule has 0 bridgehead atoms. The first-order chi connectivity index (χ1) is 7.24. The number of aromatic hydroxyl groups is 1. The first-order valence-corrected chi connectivity index (χ1v) is 5.32. The summed E-state index contributed by atoms with van der Waals surface area (Å²) >= 11 is 0.